The molecule has 0 bridgehead atoms. The molecule has 192 valence electrons. The number of benzene rings is 3. The lowest BCUT2D eigenvalue weighted by molar-refractivity contribution is -0.116. The van der Waals surface area contributed by atoms with Crippen LogP contribution in [0.15, 0.2) is 76.4 Å². The van der Waals surface area contributed by atoms with E-state index in [-0.39, 0.29) is 11.7 Å². The fourth-order valence-electron chi connectivity index (χ4n) is 5.13. The molecular weight excluding hydrogens is 532 g/mol. The first kappa shape index (κ1) is 25.2. The predicted molar refractivity (Wildman–Crippen MR) is 150 cm³/mol. The number of Topliss-reactive ketones (excluding diaryl/α,β-unsaturated/α-hetero) is 1. The average Bonchev–Trinajstić information content (AvgIpc) is 3.09. The minimum absolute atomic E-state index is 0.0752. The molecule has 1 aliphatic heterocycles. The molecule has 0 spiro atoms. The number of rotatable bonds is 7. The van der Waals surface area contributed by atoms with E-state index >= 15 is 0 Å². The maximum absolute atomic E-state index is 13.9. The fraction of sp³-hybridized carbons (Fsp3) is 0.300. The standard InChI is InChI=1S/C30H31BrN2O4/c1-4-13-37-20-11-9-18(10-12-20)19-14-25-29(26(34)15-19)30(33-24-8-6-5-7-23(24)32-25)21-16-28(36-3)22(31)17-27(21)35-2/h5-12,16-17,19,30,32-33H,4,13-15H2,1-3H3. The second-order valence-corrected chi connectivity index (χ2v) is 10.2. The number of anilines is 2. The molecule has 2 N–H and O–H groups in total. The van der Waals surface area contributed by atoms with Gasteiger partial charge in [-0.05, 0) is 76.7 Å². The van der Waals surface area contributed by atoms with E-state index in [0.717, 1.165) is 56.8 Å². The van der Waals surface area contributed by atoms with E-state index < -0.39 is 6.04 Å². The Balaban J connectivity index is 1.57. The van der Waals surface area contributed by atoms with Crippen molar-refractivity contribution in [3.05, 3.63) is 87.5 Å². The lowest BCUT2D eigenvalue weighted by atomic mass is 9.78. The van der Waals surface area contributed by atoms with Crippen molar-refractivity contribution in [1.29, 1.82) is 0 Å². The number of hydrogen-bond acceptors (Lipinski definition) is 6. The summed E-state index contributed by atoms with van der Waals surface area (Å²) in [6, 6.07) is 19.6. The highest BCUT2D eigenvalue weighted by Crippen LogP contribution is 2.47. The van der Waals surface area contributed by atoms with Gasteiger partial charge in [0.1, 0.15) is 17.2 Å². The highest BCUT2D eigenvalue weighted by molar-refractivity contribution is 9.10. The van der Waals surface area contributed by atoms with Crippen molar-refractivity contribution in [1.82, 2.24) is 0 Å². The van der Waals surface area contributed by atoms with Gasteiger partial charge in [0.2, 0.25) is 0 Å². The molecule has 0 amide bonds. The van der Waals surface area contributed by atoms with Crippen LogP contribution in [0.4, 0.5) is 11.4 Å². The molecule has 7 heteroatoms. The Morgan fingerprint density at radius 2 is 1.68 bits per heavy atom. The zero-order valence-corrected chi connectivity index (χ0v) is 22.9. The van der Waals surface area contributed by atoms with E-state index in [1.165, 1.54) is 0 Å². The van der Waals surface area contributed by atoms with Gasteiger partial charge < -0.3 is 24.8 Å². The topological polar surface area (TPSA) is 68.8 Å². The fourth-order valence-corrected chi connectivity index (χ4v) is 5.61. The van der Waals surface area contributed by atoms with Crippen molar-refractivity contribution in [3.63, 3.8) is 0 Å². The molecule has 3 aromatic rings. The van der Waals surface area contributed by atoms with Crippen molar-refractivity contribution in [2.24, 2.45) is 0 Å². The first-order chi connectivity index (χ1) is 18.0. The molecule has 0 aromatic heterocycles. The maximum Gasteiger partial charge on any atom is 0.163 e. The van der Waals surface area contributed by atoms with Crippen LogP contribution in [0.2, 0.25) is 0 Å². The molecule has 2 unspecified atom stereocenters. The Hall–Kier alpha value is -3.45. The van der Waals surface area contributed by atoms with Gasteiger partial charge in [0.05, 0.1) is 42.7 Å². The van der Waals surface area contributed by atoms with E-state index in [1.807, 2.05) is 48.5 Å². The predicted octanol–water partition coefficient (Wildman–Crippen LogP) is 7.23. The van der Waals surface area contributed by atoms with Crippen molar-refractivity contribution in [3.8, 4) is 17.2 Å². The van der Waals surface area contributed by atoms with Crippen LogP contribution < -0.4 is 24.8 Å². The molecule has 2 atom stereocenters. The smallest absolute Gasteiger partial charge is 0.163 e. The van der Waals surface area contributed by atoms with Crippen LogP contribution in [0.3, 0.4) is 0 Å². The summed E-state index contributed by atoms with van der Waals surface area (Å²) >= 11 is 3.56. The van der Waals surface area contributed by atoms with Crippen LogP contribution in [0.1, 0.15) is 49.3 Å². The lowest BCUT2D eigenvalue weighted by Crippen LogP contribution is -2.27. The Kier molecular flexibility index (Phi) is 7.42. The van der Waals surface area contributed by atoms with Gasteiger partial charge >= 0.3 is 0 Å². The highest BCUT2D eigenvalue weighted by Gasteiger charge is 2.37. The van der Waals surface area contributed by atoms with Gasteiger partial charge in [0, 0.05) is 23.3 Å². The first-order valence-electron chi connectivity index (χ1n) is 12.5. The quantitative estimate of drug-likeness (QED) is 0.316. The SMILES string of the molecule is CCCOc1ccc(C2CC(=O)C3=C(C2)Nc2ccccc2NC3c2cc(OC)c(Br)cc2OC)cc1. The molecular formula is C30H31BrN2O4. The summed E-state index contributed by atoms with van der Waals surface area (Å²) in [5, 5.41) is 7.22. The number of ketones is 1. The van der Waals surface area contributed by atoms with Crippen LogP contribution in [0.5, 0.6) is 17.2 Å². The number of ether oxygens (including phenoxy) is 3. The molecule has 0 saturated heterocycles. The number of nitrogens with one attached hydrogen (secondary N) is 2. The second-order valence-electron chi connectivity index (χ2n) is 9.31. The summed E-state index contributed by atoms with van der Waals surface area (Å²) in [6.45, 7) is 2.78. The third-order valence-electron chi connectivity index (χ3n) is 6.95. The summed E-state index contributed by atoms with van der Waals surface area (Å²) in [7, 11) is 3.27. The Morgan fingerprint density at radius 3 is 2.38 bits per heavy atom. The molecule has 0 saturated carbocycles. The lowest BCUT2D eigenvalue weighted by Gasteiger charge is -2.30. The molecule has 5 rings (SSSR count). The van der Waals surface area contributed by atoms with Crippen molar-refractivity contribution in [2.75, 3.05) is 31.5 Å². The van der Waals surface area contributed by atoms with E-state index in [9.17, 15) is 4.79 Å². The Bertz CT molecular complexity index is 1340. The van der Waals surface area contributed by atoms with Crippen LogP contribution >= 0.6 is 15.9 Å². The van der Waals surface area contributed by atoms with E-state index in [4.69, 9.17) is 14.2 Å². The van der Waals surface area contributed by atoms with Gasteiger partial charge in [-0.1, -0.05) is 31.2 Å². The first-order valence-corrected chi connectivity index (χ1v) is 13.3. The minimum atomic E-state index is -0.402. The second kappa shape index (κ2) is 10.9. The third kappa shape index (κ3) is 5.05. The van der Waals surface area contributed by atoms with E-state index in [2.05, 4.69) is 45.6 Å². The van der Waals surface area contributed by atoms with Crippen molar-refractivity contribution < 1.29 is 19.0 Å². The normalized spacial score (nSPS) is 18.6. The molecule has 37 heavy (non-hydrogen) atoms. The number of para-hydroxylation sites is 2. The molecule has 1 aliphatic carbocycles. The highest BCUT2D eigenvalue weighted by atomic mass is 79.9. The zero-order valence-electron chi connectivity index (χ0n) is 21.3. The van der Waals surface area contributed by atoms with Gasteiger partial charge in [0.25, 0.3) is 0 Å². The van der Waals surface area contributed by atoms with E-state index in [1.54, 1.807) is 14.2 Å². The number of carbonyl (C=O) groups excluding carboxylic acids is 1. The summed E-state index contributed by atoms with van der Waals surface area (Å²) in [6.07, 6.45) is 2.12. The number of carbonyl (C=O) groups is 1. The van der Waals surface area contributed by atoms with Crippen LogP contribution in [-0.2, 0) is 4.79 Å². The average molecular weight is 563 g/mol. The van der Waals surface area contributed by atoms with Crippen molar-refractivity contribution in [2.45, 2.75) is 38.1 Å². The molecule has 2 aliphatic rings. The monoisotopic (exact) mass is 562 g/mol. The summed E-state index contributed by atoms with van der Waals surface area (Å²) in [5.41, 5.74) is 5.51. The van der Waals surface area contributed by atoms with Crippen LogP contribution in [-0.4, -0.2) is 26.6 Å². The molecule has 6 nitrogen and oxygen atoms in total. The third-order valence-corrected chi connectivity index (χ3v) is 7.57. The number of allylic oxidation sites excluding steroid dienone is 1. The van der Waals surface area contributed by atoms with Crippen molar-refractivity contribution >= 4 is 33.1 Å². The Labute approximate surface area is 226 Å². The maximum atomic E-state index is 13.9. The number of hydrogen-bond donors (Lipinski definition) is 2. The van der Waals surface area contributed by atoms with E-state index in [0.29, 0.717) is 24.5 Å². The molecule has 0 fully saturated rings. The number of methoxy groups -OCH3 is 2. The van der Waals surface area contributed by atoms with Crippen LogP contribution in [0.25, 0.3) is 0 Å². The minimum Gasteiger partial charge on any atom is -0.496 e. The van der Waals surface area contributed by atoms with Gasteiger partial charge in [-0.3, -0.25) is 4.79 Å². The summed E-state index contributed by atoms with van der Waals surface area (Å²) in [5.74, 6) is 2.39. The van der Waals surface area contributed by atoms with Gasteiger partial charge in [-0.25, -0.2) is 0 Å². The molecule has 3 aromatic carbocycles. The zero-order chi connectivity index (χ0) is 25.9. The van der Waals surface area contributed by atoms with Gasteiger partial charge in [-0.2, -0.15) is 0 Å². The number of fused-ring (bicyclic) bond motifs is 1. The van der Waals surface area contributed by atoms with Gasteiger partial charge in [-0.15, -0.1) is 0 Å². The molecule has 0 radical (unpaired) electrons. The Morgan fingerprint density at radius 1 is 0.946 bits per heavy atom. The summed E-state index contributed by atoms with van der Waals surface area (Å²) in [4.78, 5) is 13.9. The number of halogens is 1. The summed E-state index contributed by atoms with van der Waals surface area (Å²) < 4.78 is 17.9. The largest absolute Gasteiger partial charge is 0.496 e. The van der Waals surface area contributed by atoms with Gasteiger partial charge in [0.15, 0.2) is 5.78 Å². The molecule has 1 heterocycles. The van der Waals surface area contributed by atoms with Crippen LogP contribution in [0, 0.1) is 0 Å².